The second-order valence-corrected chi connectivity index (χ2v) is 3.20. The molecule has 10 heavy (non-hydrogen) atoms. The first-order valence-corrected chi connectivity index (χ1v) is 4.49. The average molecular weight is 303 g/mol. The first kappa shape index (κ1) is 7.81. The summed E-state index contributed by atoms with van der Waals surface area (Å²) in [5, 5.41) is 0. The number of hydrogen-bond donors (Lipinski definition) is 0. The van der Waals surface area contributed by atoms with Gasteiger partial charge in [-0.3, -0.25) is 0 Å². The van der Waals surface area contributed by atoms with Gasteiger partial charge in [0.05, 0.1) is 0 Å². The van der Waals surface area contributed by atoms with E-state index in [1.807, 2.05) is 0 Å². The van der Waals surface area contributed by atoms with Crippen LogP contribution in [0.4, 0.5) is 0 Å². The van der Waals surface area contributed by atoms with Gasteiger partial charge in [0.2, 0.25) is 0 Å². The second-order valence-electron chi connectivity index (χ2n) is 2.27. The molecule has 1 rings (SSSR count). The fourth-order valence-electron chi connectivity index (χ4n) is 0.768. The fourth-order valence-corrected chi connectivity index (χ4v) is 1.30. The summed E-state index contributed by atoms with van der Waals surface area (Å²) in [6.07, 6.45) is 0. The Labute approximate surface area is 72.2 Å². The van der Waals surface area contributed by atoms with E-state index in [-0.39, 0.29) is 0 Å². The maximum absolute atomic E-state index is 4.12. The van der Waals surface area contributed by atoms with Gasteiger partial charge < -0.3 is 0 Å². The van der Waals surface area contributed by atoms with Crippen molar-refractivity contribution in [3.05, 3.63) is 35.4 Å². The van der Waals surface area contributed by atoms with E-state index in [2.05, 4.69) is 34.7 Å². The van der Waals surface area contributed by atoms with Gasteiger partial charge in [-0.1, -0.05) is 0 Å². The normalized spacial score (nSPS) is 9.30. The van der Waals surface area contributed by atoms with Crippen LogP contribution in [0.15, 0.2) is 27.8 Å². The molecule has 0 aromatic heterocycles. The molecule has 0 aliphatic carbocycles. The van der Waals surface area contributed by atoms with E-state index in [1.54, 1.807) is 0 Å². The molecule has 52 valence electrons. The molecular formula is C8H9NW. The number of aryl methyl sites for hydroxylation is 1. The quantitative estimate of drug-likeness (QED) is 0.794. The van der Waals surface area contributed by atoms with E-state index in [1.165, 1.54) is 30.8 Å². The van der Waals surface area contributed by atoms with Crippen LogP contribution in [0.5, 0.6) is 0 Å². The summed E-state index contributed by atoms with van der Waals surface area (Å²) < 4.78 is 4.12. The molecule has 0 amide bonds. The van der Waals surface area contributed by atoms with E-state index >= 15 is 0 Å². The Morgan fingerprint density at radius 2 is 1.90 bits per heavy atom. The van der Waals surface area contributed by atoms with E-state index in [4.69, 9.17) is 0 Å². The Hall–Kier alpha value is -0.292. The van der Waals surface area contributed by atoms with Gasteiger partial charge in [-0.05, 0) is 0 Å². The van der Waals surface area contributed by atoms with Crippen LogP contribution in [0.25, 0.3) is 0 Å². The standard InChI is InChI=1S/C8H9N.W/c1-7-2-4-8(6-9)5-3-7;/h2-5H,6H2,1H3;. The van der Waals surface area contributed by atoms with Crippen LogP contribution in [0.3, 0.4) is 0 Å². The van der Waals surface area contributed by atoms with Gasteiger partial charge in [0.15, 0.2) is 0 Å². The first-order chi connectivity index (χ1) is 4.83. The van der Waals surface area contributed by atoms with Gasteiger partial charge in [-0.15, -0.1) is 0 Å². The summed E-state index contributed by atoms with van der Waals surface area (Å²) in [4.78, 5) is 0. The molecule has 0 N–H and O–H groups in total. The molecule has 0 fully saturated rings. The van der Waals surface area contributed by atoms with Gasteiger partial charge in [0, 0.05) is 0 Å². The van der Waals surface area contributed by atoms with E-state index in [0.717, 1.165) is 6.54 Å². The van der Waals surface area contributed by atoms with Crippen molar-refractivity contribution in [2.45, 2.75) is 13.5 Å². The number of rotatable bonds is 2. The molecule has 0 bridgehead atoms. The number of benzene rings is 1. The maximum atomic E-state index is 4.12. The van der Waals surface area contributed by atoms with E-state index in [0.29, 0.717) is 0 Å². The number of nitrogens with zero attached hydrogens (tertiary/aromatic N) is 1. The van der Waals surface area contributed by atoms with Crippen LogP contribution < -0.4 is 0 Å². The molecule has 1 aromatic rings. The summed E-state index contributed by atoms with van der Waals surface area (Å²) in [5.41, 5.74) is 2.62. The third kappa shape index (κ3) is 2.15. The molecule has 0 saturated heterocycles. The average Bonchev–Trinajstić information content (AvgIpc) is 1.95. The zero-order chi connectivity index (χ0) is 7.40. The fraction of sp³-hybridized carbons (Fsp3) is 0.250. The van der Waals surface area contributed by atoms with Crippen molar-refractivity contribution < 1.29 is 19.6 Å². The molecule has 0 aliphatic heterocycles. The van der Waals surface area contributed by atoms with Crippen molar-refractivity contribution in [3.8, 4) is 0 Å². The summed E-state index contributed by atoms with van der Waals surface area (Å²) >= 11 is 1.30. The predicted octanol–water partition coefficient (Wildman–Crippen LogP) is 2.23. The van der Waals surface area contributed by atoms with Gasteiger partial charge in [-0.2, -0.15) is 0 Å². The zero-order valence-corrected chi connectivity index (χ0v) is 8.81. The Morgan fingerprint density at radius 1 is 1.30 bits per heavy atom. The van der Waals surface area contributed by atoms with E-state index in [9.17, 15) is 0 Å². The molecule has 0 aliphatic rings. The molecule has 1 nitrogen and oxygen atoms in total. The molecule has 0 heterocycles. The van der Waals surface area contributed by atoms with Crippen LogP contribution >= 0.6 is 0 Å². The Bertz CT molecular complexity index is 215. The summed E-state index contributed by atoms with van der Waals surface area (Å²) in [7, 11) is 0. The molecule has 0 atom stereocenters. The summed E-state index contributed by atoms with van der Waals surface area (Å²) in [6.45, 7) is 2.97. The molecule has 0 saturated carbocycles. The molecule has 0 unspecified atom stereocenters. The predicted molar refractivity (Wildman–Crippen MR) is 37.3 cm³/mol. The Morgan fingerprint density at radius 3 is 2.40 bits per heavy atom. The SMILES string of the molecule is Cc1ccc(C[N]=[W])cc1. The third-order valence-corrected chi connectivity index (χ3v) is 1.83. The van der Waals surface area contributed by atoms with Crippen molar-refractivity contribution in [1.29, 1.82) is 0 Å². The van der Waals surface area contributed by atoms with Crippen molar-refractivity contribution in [3.63, 3.8) is 0 Å². The van der Waals surface area contributed by atoms with Gasteiger partial charge in [0.25, 0.3) is 0 Å². The van der Waals surface area contributed by atoms with Gasteiger partial charge in [0.1, 0.15) is 0 Å². The first-order valence-electron chi connectivity index (χ1n) is 3.17. The third-order valence-electron chi connectivity index (χ3n) is 1.37. The molecule has 1 aromatic carbocycles. The Balaban J connectivity index is 2.78. The van der Waals surface area contributed by atoms with Crippen molar-refractivity contribution in [2.24, 2.45) is 3.50 Å². The minimum absolute atomic E-state index is 0.871. The van der Waals surface area contributed by atoms with E-state index < -0.39 is 0 Å². The van der Waals surface area contributed by atoms with Crippen LogP contribution in [0.2, 0.25) is 0 Å². The van der Waals surface area contributed by atoms with Gasteiger partial charge >= 0.3 is 72.0 Å². The van der Waals surface area contributed by atoms with Gasteiger partial charge in [-0.25, -0.2) is 0 Å². The van der Waals surface area contributed by atoms with Crippen LogP contribution in [-0.4, -0.2) is 0 Å². The van der Waals surface area contributed by atoms with Crippen molar-refractivity contribution >= 4 is 0 Å². The number of hydrogen-bond acceptors (Lipinski definition) is 1. The van der Waals surface area contributed by atoms with Crippen molar-refractivity contribution in [2.75, 3.05) is 0 Å². The second kappa shape index (κ2) is 3.77. The van der Waals surface area contributed by atoms with Crippen molar-refractivity contribution in [1.82, 2.24) is 0 Å². The monoisotopic (exact) mass is 303 g/mol. The summed E-state index contributed by atoms with van der Waals surface area (Å²) in [6, 6.07) is 8.50. The molecule has 0 radical (unpaired) electrons. The van der Waals surface area contributed by atoms with Crippen LogP contribution in [0, 0.1) is 6.92 Å². The summed E-state index contributed by atoms with van der Waals surface area (Å²) in [5.74, 6) is 0. The molecule has 2 heteroatoms. The van der Waals surface area contributed by atoms with Crippen LogP contribution in [0.1, 0.15) is 11.1 Å². The molecule has 0 spiro atoms. The Kier molecular flexibility index (Phi) is 2.95. The topological polar surface area (TPSA) is 12.4 Å². The zero-order valence-electron chi connectivity index (χ0n) is 5.87. The minimum atomic E-state index is 0.871. The van der Waals surface area contributed by atoms with Crippen LogP contribution in [-0.2, 0) is 26.2 Å². The molecular weight excluding hydrogens is 294 g/mol.